The van der Waals surface area contributed by atoms with E-state index in [0.717, 1.165) is 27.9 Å². The molecule has 2 aromatic carbocycles. The standard InChI is InChI=1S/C25H29N3O3S/c1-5-31-24(30)21-22(17-10-12-18(32-4)13-11-17)28-20-9-7-6-8-19(20)26-25(28)27(23(21)29)15-14-16(2)3/h6-13,16,21-22H,5,14-15H2,1-4H3/t21-,22-/m1/s1. The number of rotatable bonds is 7. The summed E-state index contributed by atoms with van der Waals surface area (Å²) in [7, 11) is 0. The van der Waals surface area contributed by atoms with Crippen LogP contribution < -0.4 is 4.90 Å². The van der Waals surface area contributed by atoms with E-state index in [-0.39, 0.29) is 12.5 Å². The minimum absolute atomic E-state index is 0.226. The number of imidazole rings is 1. The minimum Gasteiger partial charge on any atom is -0.465 e. The van der Waals surface area contributed by atoms with Crippen molar-refractivity contribution in [3.63, 3.8) is 0 Å². The largest absolute Gasteiger partial charge is 0.465 e. The number of carbonyl (C=O) groups is 2. The number of amides is 1. The lowest BCUT2D eigenvalue weighted by atomic mass is 9.89. The monoisotopic (exact) mass is 451 g/mol. The lowest BCUT2D eigenvalue weighted by Crippen LogP contribution is -2.50. The van der Waals surface area contributed by atoms with Crippen LogP contribution in [0.15, 0.2) is 53.4 Å². The van der Waals surface area contributed by atoms with Crippen molar-refractivity contribution in [1.82, 2.24) is 9.55 Å². The van der Waals surface area contributed by atoms with Gasteiger partial charge < -0.3 is 9.30 Å². The molecule has 1 aliphatic rings. The van der Waals surface area contributed by atoms with Gasteiger partial charge in [0.25, 0.3) is 0 Å². The number of nitrogens with zero attached hydrogens (tertiary/aromatic N) is 3. The van der Waals surface area contributed by atoms with E-state index in [1.54, 1.807) is 23.6 Å². The Balaban J connectivity index is 1.94. The third-order valence-corrected chi connectivity index (χ3v) is 6.62. The fourth-order valence-electron chi connectivity index (χ4n) is 4.25. The molecule has 0 bridgehead atoms. The van der Waals surface area contributed by atoms with Gasteiger partial charge in [0, 0.05) is 11.4 Å². The maximum atomic E-state index is 13.8. The Kier molecular flexibility index (Phi) is 6.55. The van der Waals surface area contributed by atoms with Crippen molar-refractivity contribution >= 4 is 40.6 Å². The highest BCUT2D eigenvalue weighted by Gasteiger charge is 2.47. The first-order chi connectivity index (χ1) is 15.5. The number of carbonyl (C=O) groups excluding carboxylic acids is 2. The van der Waals surface area contributed by atoms with Crippen LogP contribution in [0.5, 0.6) is 0 Å². The smallest absolute Gasteiger partial charge is 0.321 e. The molecule has 0 unspecified atom stereocenters. The predicted octanol–water partition coefficient (Wildman–Crippen LogP) is 4.92. The highest BCUT2D eigenvalue weighted by atomic mass is 32.2. The summed E-state index contributed by atoms with van der Waals surface area (Å²) in [6, 6.07) is 15.4. The summed E-state index contributed by atoms with van der Waals surface area (Å²) in [6.07, 6.45) is 2.84. The van der Waals surface area contributed by atoms with Gasteiger partial charge >= 0.3 is 5.97 Å². The van der Waals surface area contributed by atoms with Gasteiger partial charge in [-0.3, -0.25) is 14.5 Å². The summed E-state index contributed by atoms with van der Waals surface area (Å²) in [5.74, 6) is -0.692. The van der Waals surface area contributed by atoms with Crippen molar-refractivity contribution in [2.75, 3.05) is 24.3 Å². The van der Waals surface area contributed by atoms with E-state index in [0.29, 0.717) is 18.4 Å². The molecule has 3 aromatic rings. The topological polar surface area (TPSA) is 64.4 Å². The Morgan fingerprint density at radius 2 is 1.88 bits per heavy atom. The molecule has 32 heavy (non-hydrogen) atoms. The summed E-state index contributed by atoms with van der Waals surface area (Å²) in [4.78, 5) is 34.5. The molecule has 1 amide bonds. The van der Waals surface area contributed by atoms with Gasteiger partial charge in [0.15, 0.2) is 5.92 Å². The number of hydrogen-bond donors (Lipinski definition) is 0. The average molecular weight is 452 g/mol. The van der Waals surface area contributed by atoms with Crippen molar-refractivity contribution in [2.24, 2.45) is 11.8 Å². The average Bonchev–Trinajstić information content (AvgIpc) is 3.17. The molecule has 4 rings (SSSR count). The van der Waals surface area contributed by atoms with E-state index in [1.165, 1.54) is 0 Å². The molecule has 0 spiro atoms. The zero-order valence-electron chi connectivity index (χ0n) is 18.9. The van der Waals surface area contributed by atoms with Crippen LogP contribution in [-0.2, 0) is 14.3 Å². The number of fused-ring (bicyclic) bond motifs is 3. The van der Waals surface area contributed by atoms with Crippen molar-refractivity contribution in [1.29, 1.82) is 0 Å². The number of thioether (sulfide) groups is 1. The van der Waals surface area contributed by atoms with Gasteiger partial charge in [-0.05, 0) is 55.3 Å². The summed E-state index contributed by atoms with van der Waals surface area (Å²) in [5, 5.41) is 0. The minimum atomic E-state index is -0.965. The molecule has 0 fully saturated rings. The van der Waals surface area contributed by atoms with Gasteiger partial charge in [-0.2, -0.15) is 0 Å². The Hall–Kier alpha value is -2.80. The number of benzene rings is 2. The second-order valence-electron chi connectivity index (χ2n) is 8.39. The van der Waals surface area contributed by atoms with Gasteiger partial charge in [0.1, 0.15) is 0 Å². The molecule has 7 heteroatoms. The van der Waals surface area contributed by atoms with E-state index in [4.69, 9.17) is 9.72 Å². The van der Waals surface area contributed by atoms with Gasteiger partial charge in [0.2, 0.25) is 11.9 Å². The molecule has 6 nitrogen and oxygen atoms in total. The molecule has 2 heterocycles. The Morgan fingerprint density at radius 1 is 1.16 bits per heavy atom. The van der Waals surface area contributed by atoms with Crippen LogP contribution in [0.2, 0.25) is 0 Å². The van der Waals surface area contributed by atoms with Crippen molar-refractivity contribution in [3.05, 3.63) is 54.1 Å². The van der Waals surface area contributed by atoms with Gasteiger partial charge in [-0.1, -0.05) is 38.1 Å². The van der Waals surface area contributed by atoms with Crippen LogP contribution in [0.25, 0.3) is 11.0 Å². The van der Waals surface area contributed by atoms with Crippen LogP contribution in [0.1, 0.15) is 38.8 Å². The number of hydrogen-bond acceptors (Lipinski definition) is 5. The summed E-state index contributed by atoms with van der Waals surface area (Å²) < 4.78 is 7.45. The van der Waals surface area contributed by atoms with Crippen LogP contribution >= 0.6 is 11.8 Å². The Morgan fingerprint density at radius 3 is 2.53 bits per heavy atom. The van der Waals surface area contributed by atoms with Crippen molar-refractivity contribution in [2.45, 2.75) is 38.1 Å². The maximum absolute atomic E-state index is 13.8. The quantitative estimate of drug-likeness (QED) is 0.290. The van der Waals surface area contributed by atoms with Gasteiger partial charge in [0.05, 0.1) is 23.7 Å². The number of aromatic nitrogens is 2. The molecular weight excluding hydrogens is 422 g/mol. The van der Waals surface area contributed by atoms with Crippen LogP contribution in [-0.4, -0.2) is 40.8 Å². The molecule has 168 valence electrons. The van der Waals surface area contributed by atoms with E-state index < -0.39 is 17.9 Å². The second kappa shape index (κ2) is 9.36. The number of ether oxygens (including phenoxy) is 1. The van der Waals surface area contributed by atoms with Crippen LogP contribution in [0, 0.1) is 11.8 Å². The highest BCUT2D eigenvalue weighted by molar-refractivity contribution is 7.98. The third-order valence-electron chi connectivity index (χ3n) is 5.87. The first-order valence-electron chi connectivity index (χ1n) is 11.0. The molecule has 1 aliphatic heterocycles. The molecule has 0 saturated heterocycles. The van der Waals surface area contributed by atoms with E-state index in [1.807, 2.05) is 59.4 Å². The van der Waals surface area contributed by atoms with Crippen LogP contribution in [0.4, 0.5) is 5.95 Å². The Labute approximate surface area is 193 Å². The summed E-state index contributed by atoms with van der Waals surface area (Å²) in [5.41, 5.74) is 2.60. The lowest BCUT2D eigenvalue weighted by Gasteiger charge is -2.38. The van der Waals surface area contributed by atoms with Crippen molar-refractivity contribution < 1.29 is 14.3 Å². The molecule has 0 saturated carbocycles. The third kappa shape index (κ3) is 4.01. The Bertz CT molecular complexity index is 1120. The number of esters is 1. The first-order valence-corrected chi connectivity index (χ1v) is 12.3. The lowest BCUT2D eigenvalue weighted by molar-refractivity contribution is -0.153. The first kappa shape index (κ1) is 22.4. The molecule has 0 aliphatic carbocycles. The normalized spacial score (nSPS) is 18.3. The molecular formula is C25H29N3O3S. The van der Waals surface area contributed by atoms with E-state index in [2.05, 4.69) is 13.8 Å². The zero-order valence-corrected chi connectivity index (χ0v) is 19.8. The van der Waals surface area contributed by atoms with E-state index >= 15 is 0 Å². The van der Waals surface area contributed by atoms with Crippen molar-refractivity contribution in [3.8, 4) is 0 Å². The number of para-hydroxylation sites is 2. The van der Waals surface area contributed by atoms with Crippen LogP contribution in [0.3, 0.4) is 0 Å². The second-order valence-corrected chi connectivity index (χ2v) is 9.27. The fourth-order valence-corrected chi connectivity index (χ4v) is 4.66. The molecule has 0 radical (unpaired) electrons. The predicted molar refractivity (Wildman–Crippen MR) is 128 cm³/mol. The highest BCUT2D eigenvalue weighted by Crippen LogP contribution is 2.41. The molecule has 2 atom stereocenters. The molecule has 1 aromatic heterocycles. The SMILES string of the molecule is CCOC(=O)[C@H]1C(=O)N(CCC(C)C)c2nc3ccccc3n2[C@@H]1c1ccc(SC)cc1. The summed E-state index contributed by atoms with van der Waals surface area (Å²) in [6.45, 7) is 6.74. The van der Waals surface area contributed by atoms with Gasteiger partial charge in [-0.15, -0.1) is 11.8 Å². The number of anilines is 1. The molecule has 0 N–H and O–H groups in total. The maximum Gasteiger partial charge on any atom is 0.321 e. The van der Waals surface area contributed by atoms with Gasteiger partial charge in [-0.25, -0.2) is 4.98 Å². The summed E-state index contributed by atoms with van der Waals surface area (Å²) >= 11 is 1.65. The zero-order chi connectivity index (χ0) is 22.8. The fraction of sp³-hybridized carbons (Fsp3) is 0.400. The van der Waals surface area contributed by atoms with E-state index in [9.17, 15) is 9.59 Å².